The molecule has 22 heavy (non-hydrogen) atoms. The van der Waals surface area contributed by atoms with Gasteiger partial charge in [-0.05, 0) is 57.5 Å². The zero-order valence-electron chi connectivity index (χ0n) is 13.0. The summed E-state index contributed by atoms with van der Waals surface area (Å²) in [5.41, 5.74) is 3.70. The van der Waals surface area contributed by atoms with Crippen molar-refractivity contribution in [3.05, 3.63) is 46.2 Å². The number of aromatic nitrogens is 2. The van der Waals surface area contributed by atoms with Gasteiger partial charge in [-0.1, -0.05) is 23.4 Å². The Morgan fingerprint density at radius 3 is 2.23 bits per heavy atom. The maximum absolute atomic E-state index is 12.2. The van der Waals surface area contributed by atoms with Crippen LogP contribution in [0.3, 0.4) is 0 Å². The number of carbonyl (C=O) groups is 1. The summed E-state index contributed by atoms with van der Waals surface area (Å²) in [6.45, 7) is 7.73. The van der Waals surface area contributed by atoms with Crippen LogP contribution >= 0.6 is 23.4 Å². The molecular weight excluding hydrogens is 318 g/mol. The fourth-order valence-electron chi connectivity index (χ4n) is 1.78. The fraction of sp³-hybridized carbons (Fsp3) is 0.312. The highest BCUT2D eigenvalue weighted by Crippen LogP contribution is 2.23. The van der Waals surface area contributed by atoms with Crippen molar-refractivity contribution >= 4 is 35.0 Å². The molecule has 2 rings (SSSR count). The number of hydrogen-bond donors (Lipinski definition) is 1. The zero-order valence-corrected chi connectivity index (χ0v) is 14.5. The second-order valence-corrected chi connectivity index (χ2v) is 6.80. The van der Waals surface area contributed by atoms with E-state index in [2.05, 4.69) is 15.3 Å². The van der Waals surface area contributed by atoms with Crippen LogP contribution in [0.15, 0.2) is 29.4 Å². The molecule has 0 saturated heterocycles. The van der Waals surface area contributed by atoms with Crippen molar-refractivity contribution in [1.29, 1.82) is 0 Å². The van der Waals surface area contributed by atoms with Gasteiger partial charge in [0.1, 0.15) is 0 Å². The third-order valence-corrected chi connectivity index (χ3v) is 4.59. The van der Waals surface area contributed by atoms with E-state index in [0.717, 1.165) is 22.6 Å². The van der Waals surface area contributed by atoms with E-state index in [-0.39, 0.29) is 11.2 Å². The monoisotopic (exact) mass is 335 g/mol. The van der Waals surface area contributed by atoms with Gasteiger partial charge in [0, 0.05) is 22.1 Å². The second kappa shape index (κ2) is 7.11. The van der Waals surface area contributed by atoms with Crippen LogP contribution in [-0.4, -0.2) is 21.1 Å². The molecule has 0 bridgehead atoms. The number of thioether (sulfide) groups is 1. The number of anilines is 1. The van der Waals surface area contributed by atoms with Gasteiger partial charge in [-0.3, -0.25) is 4.79 Å². The second-order valence-electron chi connectivity index (χ2n) is 5.06. The molecule has 0 radical (unpaired) electrons. The van der Waals surface area contributed by atoms with Gasteiger partial charge in [-0.15, -0.1) is 0 Å². The Hall–Kier alpha value is -1.59. The first-order chi connectivity index (χ1) is 10.4. The van der Waals surface area contributed by atoms with E-state index in [9.17, 15) is 4.79 Å². The van der Waals surface area contributed by atoms with Crippen molar-refractivity contribution in [2.75, 3.05) is 5.32 Å². The highest BCUT2D eigenvalue weighted by Gasteiger charge is 2.17. The Kier molecular flexibility index (Phi) is 5.42. The maximum Gasteiger partial charge on any atom is 0.237 e. The molecule has 116 valence electrons. The van der Waals surface area contributed by atoms with Crippen molar-refractivity contribution in [3.63, 3.8) is 0 Å². The predicted molar refractivity (Wildman–Crippen MR) is 91.6 cm³/mol. The Balaban J connectivity index is 2.03. The van der Waals surface area contributed by atoms with Gasteiger partial charge < -0.3 is 5.32 Å². The molecule has 0 aliphatic rings. The molecule has 1 heterocycles. The highest BCUT2D eigenvalue weighted by molar-refractivity contribution is 8.00. The minimum absolute atomic E-state index is 0.0909. The van der Waals surface area contributed by atoms with Crippen LogP contribution in [-0.2, 0) is 4.79 Å². The lowest BCUT2D eigenvalue weighted by molar-refractivity contribution is -0.115. The lowest BCUT2D eigenvalue weighted by Crippen LogP contribution is -2.22. The van der Waals surface area contributed by atoms with Gasteiger partial charge in [-0.25, -0.2) is 9.97 Å². The molecule has 1 N–H and O–H groups in total. The number of nitrogens with one attached hydrogen (secondary N) is 1. The number of amides is 1. The van der Waals surface area contributed by atoms with Gasteiger partial charge in [0.2, 0.25) is 5.91 Å². The van der Waals surface area contributed by atoms with Crippen LogP contribution in [0.4, 0.5) is 5.69 Å². The van der Waals surface area contributed by atoms with E-state index in [0.29, 0.717) is 10.2 Å². The van der Waals surface area contributed by atoms with E-state index >= 15 is 0 Å². The number of halogens is 1. The molecule has 0 aliphatic heterocycles. The molecule has 1 aromatic heterocycles. The lowest BCUT2D eigenvalue weighted by Gasteiger charge is -2.12. The van der Waals surface area contributed by atoms with E-state index in [1.165, 1.54) is 11.8 Å². The molecule has 0 unspecified atom stereocenters. The average Bonchev–Trinajstić information content (AvgIpc) is 2.47. The smallest absolute Gasteiger partial charge is 0.237 e. The minimum atomic E-state index is -0.294. The Bertz CT molecular complexity index is 665. The molecule has 0 fully saturated rings. The number of benzene rings is 1. The summed E-state index contributed by atoms with van der Waals surface area (Å²) in [7, 11) is 0. The van der Waals surface area contributed by atoms with Crippen molar-refractivity contribution in [2.45, 2.75) is 38.1 Å². The number of hydrogen-bond acceptors (Lipinski definition) is 4. The standard InChI is InChI=1S/C16H18ClN3OS/c1-9-10(2)18-16(19-11(9)3)22-12(4)15(21)20-14-7-5-13(17)6-8-14/h5-8,12H,1-4H3,(H,20,21)/t12-/m0/s1. The number of aryl methyl sites for hydroxylation is 2. The Morgan fingerprint density at radius 2 is 1.68 bits per heavy atom. The van der Waals surface area contributed by atoms with Crippen molar-refractivity contribution in [2.24, 2.45) is 0 Å². The summed E-state index contributed by atoms with van der Waals surface area (Å²) in [6.07, 6.45) is 0. The van der Waals surface area contributed by atoms with Gasteiger partial charge in [-0.2, -0.15) is 0 Å². The van der Waals surface area contributed by atoms with Crippen LogP contribution in [0.5, 0.6) is 0 Å². The third-order valence-electron chi connectivity index (χ3n) is 3.38. The normalized spacial score (nSPS) is 12.0. The topological polar surface area (TPSA) is 54.9 Å². The number of rotatable bonds is 4. The largest absolute Gasteiger partial charge is 0.325 e. The minimum Gasteiger partial charge on any atom is -0.325 e. The van der Waals surface area contributed by atoms with Crippen LogP contribution < -0.4 is 5.32 Å². The van der Waals surface area contributed by atoms with E-state index in [1.54, 1.807) is 24.3 Å². The lowest BCUT2D eigenvalue weighted by atomic mass is 10.2. The van der Waals surface area contributed by atoms with Crippen molar-refractivity contribution < 1.29 is 4.79 Å². The van der Waals surface area contributed by atoms with Crippen LogP contribution in [0.2, 0.25) is 5.02 Å². The summed E-state index contributed by atoms with van der Waals surface area (Å²) in [6, 6.07) is 7.03. The first-order valence-electron chi connectivity index (χ1n) is 6.91. The molecule has 0 aliphatic carbocycles. The molecule has 0 spiro atoms. The van der Waals surface area contributed by atoms with E-state index in [1.807, 2.05) is 27.7 Å². The predicted octanol–water partition coefficient (Wildman–Crippen LogP) is 4.17. The Labute approximate surface area is 139 Å². The van der Waals surface area contributed by atoms with Crippen LogP contribution in [0, 0.1) is 20.8 Å². The summed E-state index contributed by atoms with van der Waals surface area (Å²) in [5, 5.41) is 3.82. The zero-order chi connectivity index (χ0) is 16.3. The quantitative estimate of drug-likeness (QED) is 0.673. The SMILES string of the molecule is Cc1nc(S[C@@H](C)C(=O)Nc2ccc(Cl)cc2)nc(C)c1C. The van der Waals surface area contributed by atoms with Gasteiger partial charge in [0.15, 0.2) is 5.16 Å². The number of carbonyl (C=O) groups excluding carboxylic acids is 1. The summed E-state index contributed by atoms with van der Waals surface area (Å²) < 4.78 is 0. The molecule has 6 heteroatoms. The van der Waals surface area contributed by atoms with Gasteiger partial charge >= 0.3 is 0 Å². The number of nitrogens with zero attached hydrogens (tertiary/aromatic N) is 2. The highest BCUT2D eigenvalue weighted by atomic mass is 35.5. The fourth-order valence-corrected chi connectivity index (χ4v) is 2.77. The van der Waals surface area contributed by atoms with Crippen molar-refractivity contribution in [3.8, 4) is 0 Å². The van der Waals surface area contributed by atoms with Crippen LogP contribution in [0.25, 0.3) is 0 Å². The average molecular weight is 336 g/mol. The third kappa shape index (κ3) is 4.21. The summed E-state index contributed by atoms with van der Waals surface area (Å²) in [4.78, 5) is 21.1. The van der Waals surface area contributed by atoms with E-state index in [4.69, 9.17) is 11.6 Å². The molecule has 1 aromatic carbocycles. The summed E-state index contributed by atoms with van der Waals surface area (Å²) >= 11 is 7.18. The molecule has 1 atom stereocenters. The Morgan fingerprint density at radius 1 is 1.14 bits per heavy atom. The van der Waals surface area contributed by atoms with Crippen LogP contribution in [0.1, 0.15) is 23.9 Å². The first-order valence-corrected chi connectivity index (χ1v) is 8.17. The molecule has 1 amide bonds. The van der Waals surface area contributed by atoms with Gasteiger partial charge in [0.25, 0.3) is 0 Å². The van der Waals surface area contributed by atoms with Gasteiger partial charge in [0.05, 0.1) is 5.25 Å². The summed E-state index contributed by atoms with van der Waals surface area (Å²) in [5.74, 6) is -0.0909. The molecular formula is C16H18ClN3OS. The van der Waals surface area contributed by atoms with Crippen molar-refractivity contribution in [1.82, 2.24) is 9.97 Å². The first kappa shape index (κ1) is 16.8. The molecule has 0 saturated carbocycles. The van der Waals surface area contributed by atoms with E-state index < -0.39 is 0 Å². The molecule has 4 nitrogen and oxygen atoms in total. The molecule has 2 aromatic rings. The maximum atomic E-state index is 12.2.